The van der Waals surface area contributed by atoms with Crippen molar-refractivity contribution in [2.24, 2.45) is 5.73 Å². The van der Waals surface area contributed by atoms with Crippen LogP contribution in [0.3, 0.4) is 0 Å². The molecule has 2 heterocycles. The number of hydrogen-bond acceptors (Lipinski definition) is 5. The van der Waals surface area contributed by atoms with Gasteiger partial charge in [0.1, 0.15) is 5.82 Å². The van der Waals surface area contributed by atoms with Crippen LogP contribution in [0.2, 0.25) is 5.02 Å². The molecule has 0 aliphatic heterocycles. The molecule has 1 fully saturated rings. The van der Waals surface area contributed by atoms with Crippen LogP contribution in [0.15, 0.2) is 36.7 Å². The molecule has 26 heavy (non-hydrogen) atoms. The fourth-order valence-electron chi connectivity index (χ4n) is 3.43. The Labute approximate surface area is 157 Å². The van der Waals surface area contributed by atoms with E-state index in [4.69, 9.17) is 17.3 Å². The van der Waals surface area contributed by atoms with Gasteiger partial charge in [-0.05, 0) is 56.4 Å². The van der Waals surface area contributed by atoms with Crippen molar-refractivity contribution in [3.63, 3.8) is 0 Å². The van der Waals surface area contributed by atoms with E-state index in [1.54, 1.807) is 10.7 Å². The largest absolute Gasteiger partial charge is 0.366 e. The third-order valence-electron chi connectivity index (χ3n) is 4.92. The Kier molecular flexibility index (Phi) is 4.70. The van der Waals surface area contributed by atoms with Crippen LogP contribution in [-0.2, 0) is 0 Å². The number of anilines is 3. The first-order chi connectivity index (χ1) is 12.6. The molecule has 4 rings (SSSR count). The summed E-state index contributed by atoms with van der Waals surface area (Å²) >= 11 is 6.13. The lowest BCUT2D eigenvalue weighted by Crippen LogP contribution is -2.33. The van der Waals surface area contributed by atoms with Crippen LogP contribution in [0.25, 0.3) is 5.65 Å². The van der Waals surface area contributed by atoms with Crippen LogP contribution in [0.1, 0.15) is 31.2 Å². The highest BCUT2D eigenvalue weighted by molar-refractivity contribution is 6.31. The lowest BCUT2D eigenvalue weighted by molar-refractivity contribution is 0.410. The highest BCUT2D eigenvalue weighted by Crippen LogP contribution is 2.27. The van der Waals surface area contributed by atoms with Crippen LogP contribution in [-0.4, -0.2) is 26.7 Å². The number of rotatable bonds is 4. The Morgan fingerprint density at radius 2 is 2.00 bits per heavy atom. The number of aromatic nitrogens is 3. The van der Waals surface area contributed by atoms with Crippen molar-refractivity contribution >= 4 is 34.4 Å². The predicted molar refractivity (Wildman–Crippen MR) is 106 cm³/mol. The van der Waals surface area contributed by atoms with Gasteiger partial charge in [0.05, 0.1) is 5.69 Å². The maximum absolute atomic E-state index is 6.13. The highest BCUT2D eigenvalue weighted by Gasteiger charge is 2.19. The number of fused-ring (bicyclic) bond motifs is 1. The number of nitrogens with zero attached hydrogens (tertiary/aromatic N) is 3. The van der Waals surface area contributed by atoms with Crippen LogP contribution >= 0.6 is 11.6 Å². The molecule has 3 aromatic rings. The number of halogens is 1. The first-order valence-electron chi connectivity index (χ1n) is 8.98. The molecule has 0 atom stereocenters. The minimum atomic E-state index is 0.336. The van der Waals surface area contributed by atoms with Crippen molar-refractivity contribution < 1.29 is 0 Å². The molecule has 4 N–H and O–H groups in total. The Bertz CT molecular complexity index is 914. The molecule has 1 aliphatic carbocycles. The van der Waals surface area contributed by atoms with Crippen molar-refractivity contribution in [3.05, 3.63) is 47.2 Å². The van der Waals surface area contributed by atoms with Gasteiger partial charge in [0.2, 0.25) is 0 Å². The standard InChI is InChI=1S/C19H23ClN6/c1-12-10-15(6-7-16(12)20)23-17-11-18(25-26-9-8-22-19(17)26)24-14-4-2-13(21)3-5-14/h6-11,13-14,23H,2-5,21H2,1H3,(H,24,25). The Hall–Kier alpha value is -2.31. The van der Waals surface area contributed by atoms with Crippen molar-refractivity contribution in [1.29, 1.82) is 0 Å². The maximum Gasteiger partial charge on any atom is 0.177 e. The Morgan fingerprint density at radius 1 is 1.19 bits per heavy atom. The number of aryl methyl sites for hydroxylation is 1. The summed E-state index contributed by atoms with van der Waals surface area (Å²) in [5.74, 6) is 0.837. The predicted octanol–water partition coefficient (Wildman–Crippen LogP) is 4.12. The maximum atomic E-state index is 6.13. The zero-order chi connectivity index (χ0) is 18.1. The molecule has 2 aromatic heterocycles. The van der Waals surface area contributed by atoms with Crippen LogP contribution < -0.4 is 16.4 Å². The molecule has 136 valence electrons. The first-order valence-corrected chi connectivity index (χ1v) is 9.36. The number of benzene rings is 1. The van der Waals surface area contributed by atoms with Crippen molar-refractivity contribution in [1.82, 2.24) is 14.6 Å². The van der Waals surface area contributed by atoms with Gasteiger partial charge in [0.15, 0.2) is 5.65 Å². The fraction of sp³-hybridized carbons (Fsp3) is 0.368. The summed E-state index contributed by atoms with van der Waals surface area (Å²) in [6.07, 6.45) is 7.87. The summed E-state index contributed by atoms with van der Waals surface area (Å²) in [6, 6.07) is 8.65. The molecule has 0 spiro atoms. The van der Waals surface area contributed by atoms with Crippen LogP contribution in [0.5, 0.6) is 0 Å². The average Bonchev–Trinajstić information content (AvgIpc) is 3.09. The van der Waals surface area contributed by atoms with Gasteiger partial charge in [-0.2, -0.15) is 0 Å². The number of imidazole rings is 1. The lowest BCUT2D eigenvalue weighted by atomic mass is 9.92. The molecule has 1 aliphatic rings. The van der Waals surface area contributed by atoms with Crippen molar-refractivity contribution in [2.75, 3.05) is 10.6 Å². The van der Waals surface area contributed by atoms with Crippen molar-refractivity contribution in [3.8, 4) is 0 Å². The van der Waals surface area contributed by atoms with E-state index in [-0.39, 0.29) is 0 Å². The summed E-state index contributed by atoms with van der Waals surface area (Å²) in [5.41, 5.74) is 9.70. The second-order valence-corrected chi connectivity index (χ2v) is 7.39. The summed E-state index contributed by atoms with van der Waals surface area (Å²) in [7, 11) is 0. The van der Waals surface area contributed by atoms with Gasteiger partial charge in [0, 0.05) is 41.3 Å². The molecular weight excluding hydrogens is 348 g/mol. The minimum absolute atomic E-state index is 0.336. The number of nitrogens with two attached hydrogens (primary N) is 1. The molecule has 0 bridgehead atoms. The molecule has 6 nitrogen and oxygen atoms in total. The summed E-state index contributed by atoms with van der Waals surface area (Å²) in [5, 5.41) is 12.4. The average molecular weight is 371 g/mol. The summed E-state index contributed by atoms with van der Waals surface area (Å²) in [4.78, 5) is 4.42. The monoisotopic (exact) mass is 370 g/mol. The number of nitrogens with one attached hydrogen (secondary N) is 2. The van der Waals surface area contributed by atoms with Gasteiger partial charge >= 0.3 is 0 Å². The van der Waals surface area contributed by atoms with E-state index in [1.165, 1.54) is 0 Å². The second kappa shape index (κ2) is 7.13. The van der Waals surface area contributed by atoms with E-state index in [0.29, 0.717) is 12.1 Å². The van der Waals surface area contributed by atoms with Crippen molar-refractivity contribution in [2.45, 2.75) is 44.7 Å². The van der Waals surface area contributed by atoms with E-state index >= 15 is 0 Å². The van der Waals surface area contributed by atoms with Crippen LogP contribution in [0.4, 0.5) is 17.2 Å². The van der Waals surface area contributed by atoms with E-state index in [1.807, 2.05) is 37.4 Å². The van der Waals surface area contributed by atoms with Gasteiger partial charge in [-0.15, -0.1) is 5.10 Å². The summed E-state index contributed by atoms with van der Waals surface area (Å²) in [6.45, 7) is 1.99. The third-order valence-corrected chi connectivity index (χ3v) is 5.34. The van der Waals surface area contributed by atoms with E-state index < -0.39 is 0 Å². The Balaban J connectivity index is 1.61. The minimum Gasteiger partial charge on any atom is -0.366 e. The smallest absolute Gasteiger partial charge is 0.177 e. The van der Waals surface area contributed by atoms with Gasteiger partial charge in [-0.3, -0.25) is 0 Å². The van der Waals surface area contributed by atoms with Gasteiger partial charge in [-0.25, -0.2) is 9.50 Å². The fourth-order valence-corrected chi connectivity index (χ4v) is 3.55. The normalized spacial score (nSPS) is 20.3. The van der Waals surface area contributed by atoms with E-state index in [0.717, 1.165) is 59.1 Å². The second-order valence-electron chi connectivity index (χ2n) is 6.98. The summed E-state index contributed by atoms with van der Waals surface area (Å²) < 4.78 is 1.79. The SMILES string of the molecule is Cc1cc(Nc2cc(NC3CCC(N)CC3)nn3ccnc23)ccc1Cl. The van der Waals surface area contributed by atoms with E-state index in [9.17, 15) is 0 Å². The zero-order valence-corrected chi connectivity index (χ0v) is 15.5. The molecule has 0 unspecified atom stereocenters. The third kappa shape index (κ3) is 3.61. The quantitative estimate of drug-likeness (QED) is 0.643. The molecular formula is C19H23ClN6. The Morgan fingerprint density at radius 3 is 2.77 bits per heavy atom. The van der Waals surface area contributed by atoms with E-state index in [2.05, 4.69) is 20.7 Å². The van der Waals surface area contributed by atoms with Gasteiger partial charge in [-0.1, -0.05) is 11.6 Å². The molecule has 0 amide bonds. The van der Waals surface area contributed by atoms with Gasteiger partial charge < -0.3 is 16.4 Å². The highest BCUT2D eigenvalue weighted by atomic mass is 35.5. The zero-order valence-electron chi connectivity index (χ0n) is 14.7. The molecule has 1 aromatic carbocycles. The molecule has 1 saturated carbocycles. The number of hydrogen-bond donors (Lipinski definition) is 3. The molecule has 0 saturated heterocycles. The molecule has 0 radical (unpaired) electrons. The topological polar surface area (TPSA) is 80.3 Å². The lowest BCUT2D eigenvalue weighted by Gasteiger charge is -2.27. The molecule has 7 heteroatoms. The first kappa shape index (κ1) is 17.1. The van der Waals surface area contributed by atoms with Crippen LogP contribution in [0, 0.1) is 6.92 Å². The van der Waals surface area contributed by atoms with Gasteiger partial charge in [0.25, 0.3) is 0 Å².